The Morgan fingerprint density at radius 1 is 1.43 bits per heavy atom. The fourth-order valence-electron chi connectivity index (χ4n) is 1.16. The van der Waals surface area contributed by atoms with Gasteiger partial charge in [0, 0.05) is 37.3 Å². The van der Waals surface area contributed by atoms with Crippen LogP contribution in [0.1, 0.15) is 0 Å². The van der Waals surface area contributed by atoms with Crippen LogP contribution in [0.25, 0.3) is 0 Å². The summed E-state index contributed by atoms with van der Waals surface area (Å²) in [6.07, 6.45) is 3.52. The van der Waals surface area contributed by atoms with Crippen molar-refractivity contribution in [2.24, 2.45) is 7.05 Å². The van der Waals surface area contributed by atoms with Crippen LogP contribution >= 0.6 is 0 Å². The maximum atomic E-state index is 5.54. The Morgan fingerprint density at radius 3 is 2.93 bits per heavy atom. The van der Waals surface area contributed by atoms with Crippen molar-refractivity contribution in [1.29, 1.82) is 0 Å². The van der Waals surface area contributed by atoms with E-state index in [0.29, 0.717) is 5.82 Å². The molecule has 0 aromatic carbocycles. The van der Waals surface area contributed by atoms with Crippen molar-refractivity contribution in [1.82, 2.24) is 14.8 Å². The topological polar surface area (TPSA) is 68.8 Å². The van der Waals surface area contributed by atoms with Crippen LogP contribution < -0.4 is 11.1 Å². The third-order valence-electron chi connectivity index (χ3n) is 1.77. The summed E-state index contributed by atoms with van der Waals surface area (Å²) in [7, 11) is 1.87. The van der Waals surface area contributed by atoms with E-state index in [2.05, 4.69) is 15.4 Å². The average molecular weight is 189 g/mol. The lowest BCUT2D eigenvalue weighted by molar-refractivity contribution is 0.771. The number of hydrogen-bond acceptors (Lipinski definition) is 4. The number of pyridine rings is 1. The molecule has 0 bridgehead atoms. The summed E-state index contributed by atoms with van der Waals surface area (Å²) in [5.41, 5.74) is 6.43. The standard InChI is InChI=1S/C9H11N5/c1-14-5-3-9(13-14)12-7-2-4-11-8(10)6-7/h2-6H,1H3,(H3,10,11,12,13). The maximum Gasteiger partial charge on any atom is 0.152 e. The van der Waals surface area contributed by atoms with Gasteiger partial charge in [-0.1, -0.05) is 0 Å². The fourth-order valence-corrected chi connectivity index (χ4v) is 1.16. The van der Waals surface area contributed by atoms with Crippen molar-refractivity contribution >= 4 is 17.3 Å². The van der Waals surface area contributed by atoms with E-state index in [9.17, 15) is 0 Å². The minimum absolute atomic E-state index is 0.492. The Bertz CT molecular complexity index is 434. The van der Waals surface area contributed by atoms with Crippen LogP contribution in [0.4, 0.5) is 17.3 Å². The summed E-state index contributed by atoms with van der Waals surface area (Å²) in [5.74, 6) is 1.28. The van der Waals surface area contributed by atoms with E-state index in [1.807, 2.05) is 25.4 Å². The molecule has 72 valence electrons. The molecule has 0 radical (unpaired) electrons. The molecule has 0 aliphatic carbocycles. The number of nitrogens with zero attached hydrogens (tertiary/aromatic N) is 3. The summed E-state index contributed by atoms with van der Waals surface area (Å²) < 4.78 is 1.73. The average Bonchev–Trinajstić information content (AvgIpc) is 2.51. The zero-order valence-corrected chi connectivity index (χ0v) is 7.81. The largest absolute Gasteiger partial charge is 0.384 e. The first-order valence-corrected chi connectivity index (χ1v) is 4.22. The van der Waals surface area contributed by atoms with Gasteiger partial charge in [0.15, 0.2) is 5.82 Å². The molecule has 0 fully saturated rings. The summed E-state index contributed by atoms with van der Waals surface area (Å²) in [4.78, 5) is 3.90. The summed E-state index contributed by atoms with van der Waals surface area (Å²) in [5, 5.41) is 7.29. The highest BCUT2D eigenvalue weighted by Gasteiger charge is 1.97. The SMILES string of the molecule is Cn1ccc(Nc2ccnc(N)c2)n1. The molecule has 0 aliphatic heterocycles. The Labute approximate surface area is 81.6 Å². The van der Waals surface area contributed by atoms with Crippen LogP contribution in [-0.4, -0.2) is 14.8 Å². The second kappa shape index (κ2) is 3.37. The molecule has 2 rings (SSSR count). The van der Waals surface area contributed by atoms with E-state index in [-0.39, 0.29) is 0 Å². The molecule has 0 aliphatic rings. The van der Waals surface area contributed by atoms with Gasteiger partial charge >= 0.3 is 0 Å². The lowest BCUT2D eigenvalue weighted by atomic mass is 10.4. The fraction of sp³-hybridized carbons (Fsp3) is 0.111. The van der Waals surface area contributed by atoms with E-state index in [4.69, 9.17) is 5.73 Å². The third-order valence-corrected chi connectivity index (χ3v) is 1.77. The van der Waals surface area contributed by atoms with Crippen LogP contribution in [0.5, 0.6) is 0 Å². The van der Waals surface area contributed by atoms with Gasteiger partial charge in [0.2, 0.25) is 0 Å². The number of nitrogens with one attached hydrogen (secondary N) is 1. The van der Waals surface area contributed by atoms with Gasteiger partial charge in [-0.3, -0.25) is 4.68 Å². The van der Waals surface area contributed by atoms with Crippen molar-refractivity contribution in [3.63, 3.8) is 0 Å². The van der Waals surface area contributed by atoms with E-state index in [1.54, 1.807) is 16.9 Å². The van der Waals surface area contributed by atoms with Crippen molar-refractivity contribution in [3.8, 4) is 0 Å². The zero-order chi connectivity index (χ0) is 9.97. The quantitative estimate of drug-likeness (QED) is 0.743. The van der Waals surface area contributed by atoms with E-state index < -0.39 is 0 Å². The van der Waals surface area contributed by atoms with Crippen LogP contribution in [0.3, 0.4) is 0 Å². The third kappa shape index (κ3) is 1.82. The van der Waals surface area contributed by atoms with Crippen LogP contribution in [0.15, 0.2) is 30.6 Å². The Balaban J connectivity index is 2.18. The van der Waals surface area contributed by atoms with Crippen LogP contribution in [-0.2, 0) is 7.05 Å². The second-order valence-electron chi connectivity index (χ2n) is 2.97. The summed E-state index contributed by atoms with van der Waals surface area (Å²) in [6, 6.07) is 5.48. The molecule has 0 saturated heterocycles. The van der Waals surface area contributed by atoms with Crippen molar-refractivity contribution in [3.05, 3.63) is 30.6 Å². The van der Waals surface area contributed by atoms with E-state index >= 15 is 0 Å². The molecule has 14 heavy (non-hydrogen) atoms. The normalized spacial score (nSPS) is 10.1. The highest BCUT2D eigenvalue weighted by Crippen LogP contribution is 2.14. The number of nitrogens with two attached hydrogens (primary N) is 1. The van der Waals surface area contributed by atoms with Gasteiger partial charge in [0.25, 0.3) is 0 Å². The van der Waals surface area contributed by atoms with Crippen LogP contribution in [0.2, 0.25) is 0 Å². The van der Waals surface area contributed by atoms with Gasteiger partial charge < -0.3 is 11.1 Å². The minimum Gasteiger partial charge on any atom is -0.384 e. The molecule has 0 saturated carbocycles. The molecule has 5 nitrogen and oxygen atoms in total. The summed E-state index contributed by atoms with van der Waals surface area (Å²) >= 11 is 0. The highest BCUT2D eigenvalue weighted by atomic mass is 15.3. The number of hydrogen-bond donors (Lipinski definition) is 2. The highest BCUT2D eigenvalue weighted by molar-refractivity contribution is 5.58. The monoisotopic (exact) mass is 189 g/mol. The molecule has 2 aromatic heterocycles. The number of rotatable bonds is 2. The van der Waals surface area contributed by atoms with Gasteiger partial charge in [-0.15, -0.1) is 0 Å². The molecular formula is C9H11N5. The lowest BCUT2D eigenvalue weighted by Crippen LogP contribution is -1.95. The molecular weight excluding hydrogens is 178 g/mol. The first-order valence-electron chi connectivity index (χ1n) is 4.22. The molecule has 3 N–H and O–H groups in total. The zero-order valence-electron chi connectivity index (χ0n) is 7.81. The maximum absolute atomic E-state index is 5.54. The van der Waals surface area contributed by atoms with Crippen molar-refractivity contribution in [2.75, 3.05) is 11.1 Å². The first-order chi connectivity index (χ1) is 6.74. The Hall–Kier alpha value is -2.04. The number of anilines is 3. The van der Waals surface area contributed by atoms with E-state index in [0.717, 1.165) is 11.5 Å². The first kappa shape index (κ1) is 8.55. The Kier molecular flexibility index (Phi) is 2.06. The molecule has 0 spiro atoms. The molecule has 0 unspecified atom stereocenters. The van der Waals surface area contributed by atoms with Crippen molar-refractivity contribution < 1.29 is 0 Å². The van der Waals surface area contributed by atoms with Gasteiger partial charge in [-0.25, -0.2) is 4.98 Å². The number of aromatic nitrogens is 3. The van der Waals surface area contributed by atoms with Gasteiger partial charge in [-0.05, 0) is 6.07 Å². The molecule has 0 amide bonds. The minimum atomic E-state index is 0.492. The van der Waals surface area contributed by atoms with Crippen LogP contribution in [0, 0.1) is 0 Å². The lowest BCUT2D eigenvalue weighted by Gasteiger charge is -2.02. The molecule has 2 aromatic rings. The van der Waals surface area contributed by atoms with E-state index in [1.165, 1.54) is 0 Å². The molecule has 2 heterocycles. The predicted molar refractivity (Wildman–Crippen MR) is 55.1 cm³/mol. The predicted octanol–water partition coefficient (Wildman–Crippen LogP) is 1.14. The smallest absolute Gasteiger partial charge is 0.152 e. The Morgan fingerprint density at radius 2 is 2.29 bits per heavy atom. The molecule has 0 atom stereocenters. The molecule has 5 heteroatoms. The van der Waals surface area contributed by atoms with Crippen molar-refractivity contribution in [2.45, 2.75) is 0 Å². The number of aryl methyl sites for hydroxylation is 1. The summed E-state index contributed by atoms with van der Waals surface area (Å²) in [6.45, 7) is 0. The van der Waals surface area contributed by atoms with Gasteiger partial charge in [0.05, 0.1) is 0 Å². The van der Waals surface area contributed by atoms with Gasteiger partial charge in [0.1, 0.15) is 5.82 Å². The van der Waals surface area contributed by atoms with Gasteiger partial charge in [-0.2, -0.15) is 5.10 Å². The number of nitrogen functional groups attached to an aromatic ring is 1. The second-order valence-corrected chi connectivity index (χ2v) is 2.97.